The van der Waals surface area contributed by atoms with Gasteiger partial charge in [-0.25, -0.2) is 13.4 Å². The Bertz CT molecular complexity index is 918. The van der Waals surface area contributed by atoms with Crippen molar-refractivity contribution < 1.29 is 14.1 Å². The van der Waals surface area contributed by atoms with Gasteiger partial charge in [0.05, 0.1) is 9.79 Å². The van der Waals surface area contributed by atoms with Crippen LogP contribution in [-0.4, -0.2) is 15.3 Å². The van der Waals surface area contributed by atoms with Crippen LogP contribution in [0.15, 0.2) is 105 Å². The van der Waals surface area contributed by atoms with Gasteiger partial charge < -0.3 is 5.11 Å². The Hall–Kier alpha value is -2.92. The van der Waals surface area contributed by atoms with Crippen LogP contribution in [-0.2, 0) is 14.5 Å². The molecule has 1 N–H and O–H groups in total. The number of hydrogen-bond donors (Lipinski definition) is 1. The van der Waals surface area contributed by atoms with Gasteiger partial charge in [0.25, 0.3) is 0 Å². The van der Waals surface area contributed by atoms with Gasteiger partial charge in [-0.15, -0.1) is 0 Å². The molecule has 0 radical (unpaired) electrons. The number of rotatable bonds is 5. The van der Waals surface area contributed by atoms with Crippen LogP contribution in [0.3, 0.4) is 0 Å². The molecule has 0 aliphatic rings. The molecule has 3 rings (SSSR count). The Morgan fingerprint density at radius 3 is 1.56 bits per heavy atom. The van der Waals surface area contributed by atoms with Gasteiger partial charge in [-0.2, -0.15) is 0 Å². The zero-order valence-corrected chi connectivity index (χ0v) is 14.2. The quantitative estimate of drug-likeness (QED) is 0.741. The van der Waals surface area contributed by atoms with E-state index in [1.54, 1.807) is 78.9 Å². The van der Waals surface area contributed by atoms with Crippen LogP contribution in [0.4, 0.5) is 0 Å². The van der Waals surface area contributed by atoms with E-state index >= 15 is 0 Å². The second-order valence-electron chi connectivity index (χ2n) is 5.41. The highest BCUT2D eigenvalue weighted by molar-refractivity contribution is 7.93. The molecule has 0 saturated heterocycles. The monoisotopic (exact) mass is 351 g/mol. The lowest BCUT2D eigenvalue weighted by atomic mass is 10.1. The lowest BCUT2D eigenvalue weighted by Gasteiger charge is -2.15. The number of aliphatic carboxylic acids is 1. The molecule has 126 valence electrons. The van der Waals surface area contributed by atoms with Gasteiger partial charge in [0.15, 0.2) is 6.04 Å². The van der Waals surface area contributed by atoms with Crippen LogP contribution >= 0.6 is 0 Å². The van der Waals surface area contributed by atoms with E-state index in [0.29, 0.717) is 15.4 Å². The van der Waals surface area contributed by atoms with Crippen molar-refractivity contribution in [2.24, 2.45) is 4.36 Å². The maximum absolute atomic E-state index is 13.8. The second kappa shape index (κ2) is 7.32. The zero-order valence-electron chi connectivity index (χ0n) is 13.4. The lowest BCUT2D eigenvalue weighted by Crippen LogP contribution is -2.13. The van der Waals surface area contributed by atoms with E-state index in [-0.39, 0.29) is 0 Å². The molecule has 25 heavy (non-hydrogen) atoms. The molecule has 3 aromatic carbocycles. The Morgan fingerprint density at radius 1 is 0.760 bits per heavy atom. The highest BCUT2D eigenvalue weighted by Gasteiger charge is 2.24. The molecule has 0 amide bonds. The summed E-state index contributed by atoms with van der Waals surface area (Å²) in [5.74, 6) is -1.13. The van der Waals surface area contributed by atoms with Crippen molar-refractivity contribution in [2.45, 2.75) is 15.8 Å². The van der Waals surface area contributed by atoms with Gasteiger partial charge in [0, 0.05) is 0 Å². The van der Waals surface area contributed by atoms with E-state index in [9.17, 15) is 14.1 Å². The SMILES string of the molecule is O=C(O)C(N=S(=O)(c1ccccc1)c1ccccc1)c1ccccc1. The third-order valence-electron chi connectivity index (χ3n) is 3.73. The predicted molar refractivity (Wildman–Crippen MR) is 96.8 cm³/mol. The van der Waals surface area contributed by atoms with Crippen LogP contribution in [0.1, 0.15) is 11.6 Å². The van der Waals surface area contributed by atoms with Crippen molar-refractivity contribution in [2.75, 3.05) is 0 Å². The molecule has 5 heteroatoms. The maximum Gasteiger partial charge on any atom is 0.333 e. The minimum Gasteiger partial charge on any atom is -0.479 e. The van der Waals surface area contributed by atoms with E-state index in [4.69, 9.17) is 0 Å². The van der Waals surface area contributed by atoms with Gasteiger partial charge in [-0.1, -0.05) is 66.7 Å². The lowest BCUT2D eigenvalue weighted by molar-refractivity contribution is -0.138. The Kier molecular flexibility index (Phi) is 4.95. The molecule has 0 fully saturated rings. The van der Waals surface area contributed by atoms with E-state index < -0.39 is 21.7 Å². The molecular weight excluding hydrogens is 334 g/mol. The largest absolute Gasteiger partial charge is 0.479 e. The average molecular weight is 351 g/mol. The first kappa shape index (κ1) is 16.9. The fraction of sp³-hybridized carbons (Fsp3) is 0.0500. The summed E-state index contributed by atoms with van der Waals surface area (Å²) in [6, 6.07) is 25.0. The standard InChI is InChI=1S/C20H17NO3S/c22-20(23)19(16-10-4-1-5-11-16)21-25(24,17-12-6-2-7-13-17)18-14-8-3-9-15-18/h1-15,19H,(H,22,23). The van der Waals surface area contributed by atoms with Gasteiger partial charge in [0.1, 0.15) is 9.73 Å². The highest BCUT2D eigenvalue weighted by atomic mass is 32.2. The van der Waals surface area contributed by atoms with Crippen LogP contribution in [0, 0.1) is 0 Å². The Balaban J connectivity index is 2.26. The van der Waals surface area contributed by atoms with Gasteiger partial charge >= 0.3 is 5.97 Å². The summed E-state index contributed by atoms with van der Waals surface area (Å²) in [5, 5.41) is 9.66. The van der Waals surface area contributed by atoms with Crippen LogP contribution in [0.5, 0.6) is 0 Å². The number of benzene rings is 3. The summed E-state index contributed by atoms with van der Waals surface area (Å²) in [7, 11) is -3.09. The number of hydrogen-bond acceptors (Lipinski definition) is 3. The first-order valence-electron chi connectivity index (χ1n) is 7.75. The summed E-state index contributed by atoms with van der Waals surface area (Å²) >= 11 is 0. The summed E-state index contributed by atoms with van der Waals surface area (Å²) in [6.45, 7) is 0. The number of carbonyl (C=O) groups is 1. The molecule has 1 unspecified atom stereocenters. The zero-order chi connectivity index (χ0) is 17.7. The summed E-state index contributed by atoms with van der Waals surface area (Å²) in [6.07, 6.45) is 0. The van der Waals surface area contributed by atoms with Gasteiger partial charge in [-0.3, -0.25) is 0 Å². The van der Waals surface area contributed by atoms with Crippen molar-refractivity contribution in [1.82, 2.24) is 0 Å². The Morgan fingerprint density at radius 2 is 1.16 bits per heavy atom. The maximum atomic E-state index is 13.8. The second-order valence-corrected chi connectivity index (χ2v) is 7.61. The first-order chi connectivity index (χ1) is 12.1. The summed E-state index contributed by atoms with van der Waals surface area (Å²) < 4.78 is 18.2. The smallest absolute Gasteiger partial charge is 0.333 e. The van der Waals surface area contributed by atoms with Crippen LogP contribution in [0.2, 0.25) is 0 Å². The fourth-order valence-corrected chi connectivity index (χ4v) is 4.58. The molecule has 4 nitrogen and oxygen atoms in total. The fourth-order valence-electron chi connectivity index (χ4n) is 2.50. The van der Waals surface area contributed by atoms with E-state index in [0.717, 1.165) is 0 Å². The highest BCUT2D eigenvalue weighted by Crippen LogP contribution is 2.29. The van der Waals surface area contributed by atoms with Crippen molar-refractivity contribution in [3.05, 3.63) is 96.6 Å². The van der Waals surface area contributed by atoms with Crippen LogP contribution in [0.25, 0.3) is 0 Å². The molecule has 0 spiro atoms. The van der Waals surface area contributed by atoms with E-state index in [2.05, 4.69) is 4.36 Å². The third-order valence-corrected chi connectivity index (χ3v) is 6.06. The van der Waals surface area contributed by atoms with E-state index in [1.807, 2.05) is 12.1 Å². The van der Waals surface area contributed by atoms with Gasteiger partial charge in [0.2, 0.25) is 0 Å². The molecule has 1 atom stereocenters. The molecule has 0 aromatic heterocycles. The van der Waals surface area contributed by atoms with Crippen molar-refractivity contribution in [1.29, 1.82) is 0 Å². The van der Waals surface area contributed by atoms with Crippen molar-refractivity contribution in [3.8, 4) is 0 Å². The minimum absolute atomic E-state index is 0.489. The third kappa shape index (κ3) is 3.61. The number of nitrogens with zero attached hydrogens (tertiary/aromatic N) is 1. The van der Waals surface area contributed by atoms with Crippen molar-refractivity contribution >= 4 is 15.7 Å². The molecular formula is C20H17NO3S. The van der Waals surface area contributed by atoms with Crippen LogP contribution < -0.4 is 0 Å². The molecule has 3 aromatic rings. The molecule has 0 aliphatic carbocycles. The number of carboxylic acids is 1. The summed E-state index contributed by atoms with van der Waals surface area (Å²) in [4.78, 5) is 12.8. The first-order valence-corrected chi connectivity index (χ1v) is 9.27. The van der Waals surface area contributed by atoms with Crippen molar-refractivity contribution in [3.63, 3.8) is 0 Å². The Labute approximate surface area is 147 Å². The minimum atomic E-state index is -3.09. The molecule has 0 heterocycles. The summed E-state index contributed by atoms with van der Waals surface area (Å²) in [5.41, 5.74) is 0.495. The molecule has 0 saturated carbocycles. The topological polar surface area (TPSA) is 66.7 Å². The average Bonchev–Trinajstić information content (AvgIpc) is 2.68. The molecule has 0 aliphatic heterocycles. The predicted octanol–water partition coefficient (Wildman–Crippen LogP) is 4.40. The molecule has 0 bridgehead atoms. The normalized spacial score (nSPS) is 12.3. The van der Waals surface area contributed by atoms with E-state index in [1.165, 1.54) is 0 Å². The number of carboxylic acid groups (broad SMARTS) is 1. The van der Waals surface area contributed by atoms with Gasteiger partial charge in [-0.05, 0) is 29.8 Å².